The number of benzene rings is 1. The van der Waals surface area contributed by atoms with Gasteiger partial charge in [0.05, 0.1) is 4.90 Å². The van der Waals surface area contributed by atoms with Crippen molar-refractivity contribution in [1.82, 2.24) is 9.21 Å². The lowest BCUT2D eigenvalue weighted by Crippen LogP contribution is -2.48. The summed E-state index contributed by atoms with van der Waals surface area (Å²) in [5, 5.41) is 0. The van der Waals surface area contributed by atoms with Crippen LogP contribution in [0.4, 0.5) is 5.69 Å². The molecule has 5 nitrogen and oxygen atoms in total. The van der Waals surface area contributed by atoms with E-state index in [1.54, 1.807) is 28.6 Å². The second kappa shape index (κ2) is 6.79. The third-order valence-corrected chi connectivity index (χ3v) is 7.15. The molecule has 2 N–H and O–H groups in total. The third-order valence-electron chi connectivity index (χ3n) is 5.25. The van der Waals surface area contributed by atoms with Gasteiger partial charge in [-0.05, 0) is 62.9 Å². The highest BCUT2D eigenvalue weighted by molar-refractivity contribution is 7.89. The van der Waals surface area contributed by atoms with Gasteiger partial charge in [-0.15, -0.1) is 0 Å². The zero-order valence-electron chi connectivity index (χ0n) is 13.8. The lowest BCUT2D eigenvalue weighted by molar-refractivity contribution is 0.101. The minimum absolute atomic E-state index is 0.308. The van der Waals surface area contributed by atoms with Gasteiger partial charge < -0.3 is 10.6 Å². The van der Waals surface area contributed by atoms with E-state index in [2.05, 4.69) is 11.8 Å². The van der Waals surface area contributed by atoms with Gasteiger partial charge in [0.1, 0.15) is 0 Å². The Morgan fingerprint density at radius 3 is 2.30 bits per heavy atom. The second-order valence-electron chi connectivity index (χ2n) is 6.93. The quantitative estimate of drug-likeness (QED) is 0.858. The zero-order chi connectivity index (χ0) is 16.4. The molecule has 2 aliphatic rings. The molecule has 0 radical (unpaired) electrons. The van der Waals surface area contributed by atoms with E-state index in [9.17, 15) is 8.42 Å². The summed E-state index contributed by atoms with van der Waals surface area (Å²) in [6.45, 7) is 5.85. The van der Waals surface area contributed by atoms with E-state index in [0.717, 1.165) is 31.8 Å². The smallest absolute Gasteiger partial charge is 0.243 e. The largest absolute Gasteiger partial charge is 0.399 e. The second-order valence-corrected chi connectivity index (χ2v) is 8.86. The van der Waals surface area contributed by atoms with Crippen molar-refractivity contribution >= 4 is 15.7 Å². The molecular formula is C17H27N3O2S. The van der Waals surface area contributed by atoms with Crippen LogP contribution in [0.1, 0.15) is 32.6 Å². The predicted molar refractivity (Wildman–Crippen MR) is 92.6 cm³/mol. The molecule has 128 valence electrons. The van der Waals surface area contributed by atoms with Crippen molar-refractivity contribution in [2.75, 3.05) is 31.9 Å². The molecule has 2 aliphatic heterocycles. The van der Waals surface area contributed by atoms with Crippen molar-refractivity contribution in [3.63, 3.8) is 0 Å². The van der Waals surface area contributed by atoms with Crippen molar-refractivity contribution in [1.29, 1.82) is 0 Å². The van der Waals surface area contributed by atoms with E-state index in [1.165, 1.54) is 12.8 Å². The fraction of sp³-hybridized carbons (Fsp3) is 0.647. The van der Waals surface area contributed by atoms with E-state index < -0.39 is 10.0 Å². The van der Waals surface area contributed by atoms with Crippen molar-refractivity contribution in [2.24, 2.45) is 5.92 Å². The minimum Gasteiger partial charge on any atom is -0.399 e. The first-order valence-corrected chi connectivity index (χ1v) is 10.0. The molecule has 0 aromatic heterocycles. The molecule has 0 unspecified atom stereocenters. The van der Waals surface area contributed by atoms with E-state index in [4.69, 9.17) is 5.73 Å². The normalized spacial score (nSPS) is 23.2. The van der Waals surface area contributed by atoms with Gasteiger partial charge in [0.15, 0.2) is 0 Å². The Morgan fingerprint density at radius 2 is 1.70 bits per heavy atom. The number of sulfonamides is 1. The number of nitrogen functional groups attached to an aromatic ring is 1. The van der Waals surface area contributed by atoms with Gasteiger partial charge in [-0.25, -0.2) is 8.42 Å². The van der Waals surface area contributed by atoms with Gasteiger partial charge in [-0.3, -0.25) is 0 Å². The number of anilines is 1. The highest BCUT2D eigenvalue weighted by atomic mass is 32.2. The molecule has 0 bridgehead atoms. The van der Waals surface area contributed by atoms with E-state index in [-0.39, 0.29) is 0 Å². The van der Waals surface area contributed by atoms with Gasteiger partial charge in [0, 0.05) is 24.8 Å². The van der Waals surface area contributed by atoms with Gasteiger partial charge in [0.25, 0.3) is 0 Å². The monoisotopic (exact) mass is 337 g/mol. The Morgan fingerprint density at radius 1 is 1.04 bits per heavy atom. The van der Waals surface area contributed by atoms with Gasteiger partial charge in [0.2, 0.25) is 10.0 Å². The molecule has 2 saturated heterocycles. The maximum atomic E-state index is 12.7. The van der Waals surface area contributed by atoms with Crippen LogP contribution in [0.15, 0.2) is 29.2 Å². The molecule has 1 aromatic carbocycles. The Balaban J connectivity index is 1.62. The Bertz CT molecular complexity index is 631. The van der Waals surface area contributed by atoms with Crippen molar-refractivity contribution in [2.45, 2.75) is 43.5 Å². The summed E-state index contributed by atoms with van der Waals surface area (Å²) in [5.41, 5.74) is 6.22. The van der Waals surface area contributed by atoms with Crippen molar-refractivity contribution in [3.05, 3.63) is 24.3 Å². The molecule has 2 heterocycles. The summed E-state index contributed by atoms with van der Waals surface area (Å²) in [4.78, 5) is 2.87. The summed E-state index contributed by atoms with van der Waals surface area (Å²) >= 11 is 0. The van der Waals surface area contributed by atoms with Crippen LogP contribution >= 0.6 is 0 Å². The van der Waals surface area contributed by atoms with Crippen LogP contribution in [0.2, 0.25) is 0 Å². The van der Waals surface area contributed by atoms with Gasteiger partial charge in [-0.1, -0.05) is 13.0 Å². The average molecular weight is 337 g/mol. The summed E-state index contributed by atoms with van der Waals surface area (Å²) < 4.78 is 27.1. The lowest BCUT2D eigenvalue weighted by atomic mass is 9.95. The molecular weight excluding hydrogens is 310 g/mol. The van der Waals surface area contributed by atoms with Crippen LogP contribution < -0.4 is 5.73 Å². The highest BCUT2D eigenvalue weighted by Gasteiger charge is 2.32. The summed E-state index contributed by atoms with van der Waals surface area (Å²) in [7, 11) is -3.41. The van der Waals surface area contributed by atoms with Crippen molar-refractivity contribution in [3.8, 4) is 0 Å². The molecule has 1 aromatic rings. The SMILES string of the molecule is CC1CCN(C2CCN(S(=O)(=O)c3cccc(N)c3)CC2)CC1. The summed E-state index contributed by atoms with van der Waals surface area (Å²) in [6.07, 6.45) is 4.38. The standard InChI is InChI=1S/C17H27N3O2S/c1-14-5-9-19(10-6-14)16-7-11-20(12-8-16)23(21,22)17-4-2-3-15(18)13-17/h2-4,13-14,16H,5-12,18H2,1H3. The number of rotatable bonds is 3. The zero-order valence-corrected chi connectivity index (χ0v) is 14.6. The van der Waals surface area contributed by atoms with Gasteiger partial charge >= 0.3 is 0 Å². The Kier molecular flexibility index (Phi) is 4.94. The van der Waals surface area contributed by atoms with E-state index in [0.29, 0.717) is 29.7 Å². The molecule has 0 saturated carbocycles. The molecule has 6 heteroatoms. The minimum atomic E-state index is -3.41. The number of hydrogen-bond acceptors (Lipinski definition) is 4. The molecule has 0 aliphatic carbocycles. The number of hydrogen-bond donors (Lipinski definition) is 1. The topological polar surface area (TPSA) is 66.6 Å². The van der Waals surface area contributed by atoms with Crippen LogP contribution in [-0.2, 0) is 10.0 Å². The average Bonchev–Trinajstić information content (AvgIpc) is 2.56. The van der Waals surface area contributed by atoms with Crippen LogP contribution in [0.3, 0.4) is 0 Å². The first-order valence-electron chi connectivity index (χ1n) is 8.56. The number of nitrogens with zero attached hydrogens (tertiary/aromatic N) is 2. The Labute approximate surface area is 139 Å². The third kappa shape index (κ3) is 3.70. The maximum Gasteiger partial charge on any atom is 0.243 e. The molecule has 23 heavy (non-hydrogen) atoms. The van der Waals surface area contributed by atoms with Crippen LogP contribution in [0.25, 0.3) is 0 Å². The molecule has 0 spiro atoms. The first kappa shape index (κ1) is 16.7. The number of piperidine rings is 2. The van der Waals surface area contributed by atoms with E-state index >= 15 is 0 Å². The highest BCUT2D eigenvalue weighted by Crippen LogP contribution is 2.26. The van der Waals surface area contributed by atoms with Crippen LogP contribution in [-0.4, -0.2) is 49.8 Å². The molecule has 3 rings (SSSR count). The lowest BCUT2D eigenvalue weighted by Gasteiger charge is -2.41. The van der Waals surface area contributed by atoms with Gasteiger partial charge in [-0.2, -0.15) is 4.31 Å². The molecule has 0 atom stereocenters. The van der Waals surface area contributed by atoms with E-state index in [1.807, 2.05) is 0 Å². The first-order chi connectivity index (χ1) is 11.0. The fourth-order valence-corrected chi connectivity index (χ4v) is 5.19. The van der Waals surface area contributed by atoms with Crippen molar-refractivity contribution < 1.29 is 8.42 Å². The summed E-state index contributed by atoms with van der Waals surface area (Å²) in [5.74, 6) is 0.829. The number of nitrogens with two attached hydrogens (primary N) is 1. The molecule has 2 fully saturated rings. The number of likely N-dealkylation sites (tertiary alicyclic amines) is 1. The fourth-order valence-electron chi connectivity index (χ4n) is 3.67. The van der Waals surface area contributed by atoms with Crippen LogP contribution in [0, 0.1) is 5.92 Å². The van der Waals surface area contributed by atoms with Crippen LogP contribution in [0.5, 0.6) is 0 Å². The summed E-state index contributed by atoms with van der Waals surface area (Å²) in [6, 6.07) is 7.12. The molecule has 0 amide bonds. The Hall–Kier alpha value is -1.11. The predicted octanol–water partition coefficient (Wildman–Crippen LogP) is 2.15. The maximum absolute atomic E-state index is 12.7.